The molecule has 0 aliphatic carbocycles. The van der Waals surface area contributed by atoms with Gasteiger partial charge >= 0.3 is 0 Å². The van der Waals surface area contributed by atoms with Crippen LogP contribution in [0, 0.1) is 5.82 Å². The van der Waals surface area contributed by atoms with Crippen molar-refractivity contribution in [3.63, 3.8) is 0 Å². The van der Waals surface area contributed by atoms with Crippen LogP contribution in [-0.2, 0) is 17.1 Å². The molecule has 110 valence electrons. The Kier molecular flexibility index (Phi) is 6.28. The lowest BCUT2D eigenvalue weighted by molar-refractivity contribution is -0.120. The fraction of sp³-hybridized carbons (Fsp3) is 0.235. The largest absolute Gasteiger partial charge is 0.352 e. The molecule has 0 aromatic heterocycles. The molecule has 0 aliphatic rings. The van der Waals surface area contributed by atoms with E-state index < -0.39 is 0 Å². The monoisotopic (exact) mass is 303 g/mol. The summed E-state index contributed by atoms with van der Waals surface area (Å²) >= 11 is 1.75. The molecular weight excluding hydrogens is 285 g/mol. The Bertz CT molecular complexity index is 557. The number of rotatable bonds is 7. The van der Waals surface area contributed by atoms with Crippen molar-refractivity contribution >= 4 is 17.7 Å². The van der Waals surface area contributed by atoms with Crippen molar-refractivity contribution in [2.45, 2.75) is 18.7 Å². The van der Waals surface area contributed by atoms with E-state index in [2.05, 4.69) is 17.4 Å². The van der Waals surface area contributed by atoms with Crippen LogP contribution >= 0.6 is 11.8 Å². The summed E-state index contributed by atoms with van der Waals surface area (Å²) in [6, 6.07) is 16.4. The fourth-order valence-corrected chi connectivity index (χ4v) is 2.72. The van der Waals surface area contributed by atoms with Gasteiger partial charge in [0.15, 0.2) is 0 Å². The Labute approximate surface area is 128 Å². The molecule has 1 N–H and O–H groups in total. The molecule has 2 aromatic carbocycles. The zero-order valence-corrected chi connectivity index (χ0v) is 12.5. The van der Waals surface area contributed by atoms with Gasteiger partial charge in [-0.15, -0.1) is 0 Å². The van der Waals surface area contributed by atoms with Crippen LogP contribution in [0.3, 0.4) is 0 Å². The lowest BCUT2D eigenvalue weighted by Gasteiger charge is -2.05. The minimum absolute atomic E-state index is 0.0277. The van der Waals surface area contributed by atoms with Gasteiger partial charge in [0.1, 0.15) is 5.82 Å². The average molecular weight is 303 g/mol. The van der Waals surface area contributed by atoms with E-state index in [1.807, 2.05) is 18.2 Å². The third-order valence-electron chi connectivity index (χ3n) is 2.99. The minimum atomic E-state index is -0.262. The van der Waals surface area contributed by atoms with Gasteiger partial charge in [-0.05, 0) is 23.3 Å². The maximum atomic E-state index is 12.7. The van der Waals surface area contributed by atoms with E-state index in [-0.39, 0.29) is 11.7 Å². The molecule has 0 saturated heterocycles. The summed E-state index contributed by atoms with van der Waals surface area (Å²) in [5.74, 6) is 1.48. The molecule has 4 heteroatoms. The third kappa shape index (κ3) is 6.00. The second-order valence-electron chi connectivity index (χ2n) is 4.69. The fourth-order valence-electron chi connectivity index (χ4n) is 1.82. The van der Waals surface area contributed by atoms with E-state index in [1.54, 1.807) is 23.9 Å². The highest BCUT2D eigenvalue weighted by atomic mass is 32.2. The average Bonchev–Trinajstić information content (AvgIpc) is 2.52. The van der Waals surface area contributed by atoms with Gasteiger partial charge in [-0.1, -0.05) is 42.5 Å². The number of amides is 1. The van der Waals surface area contributed by atoms with Crippen LogP contribution in [0.15, 0.2) is 54.6 Å². The molecule has 21 heavy (non-hydrogen) atoms. The number of halogens is 1. The first-order valence-electron chi connectivity index (χ1n) is 6.87. The van der Waals surface area contributed by atoms with Crippen molar-refractivity contribution in [1.29, 1.82) is 0 Å². The Morgan fingerprint density at radius 1 is 1.00 bits per heavy atom. The first-order valence-corrected chi connectivity index (χ1v) is 8.02. The predicted molar refractivity (Wildman–Crippen MR) is 85.5 cm³/mol. The zero-order valence-electron chi connectivity index (χ0n) is 11.7. The summed E-state index contributed by atoms with van der Waals surface area (Å²) in [7, 11) is 0. The SMILES string of the molecule is O=C(CCSCc1ccccc1)NCc1ccc(F)cc1. The van der Waals surface area contributed by atoms with Gasteiger partial charge in [0.2, 0.25) is 5.91 Å². The normalized spacial score (nSPS) is 10.3. The standard InChI is InChI=1S/C17H18FNOS/c18-16-8-6-14(7-9-16)12-19-17(20)10-11-21-13-15-4-2-1-3-5-15/h1-9H,10-13H2,(H,19,20). The predicted octanol–water partition coefficient (Wildman–Crippen LogP) is 3.77. The van der Waals surface area contributed by atoms with Crippen molar-refractivity contribution in [1.82, 2.24) is 5.32 Å². The Balaban J connectivity index is 1.60. The number of benzene rings is 2. The van der Waals surface area contributed by atoms with Gasteiger partial charge in [0, 0.05) is 24.5 Å². The molecule has 0 radical (unpaired) electrons. The van der Waals surface area contributed by atoms with E-state index in [4.69, 9.17) is 0 Å². The molecule has 0 heterocycles. The molecule has 0 unspecified atom stereocenters. The second-order valence-corrected chi connectivity index (χ2v) is 5.80. The van der Waals surface area contributed by atoms with Gasteiger partial charge < -0.3 is 5.32 Å². The number of thioether (sulfide) groups is 1. The molecule has 0 spiro atoms. The molecule has 2 nitrogen and oxygen atoms in total. The summed E-state index contributed by atoms with van der Waals surface area (Å²) in [5.41, 5.74) is 2.18. The molecule has 0 bridgehead atoms. The van der Waals surface area contributed by atoms with Gasteiger partial charge in [-0.25, -0.2) is 4.39 Å². The molecule has 0 aliphatic heterocycles. The minimum Gasteiger partial charge on any atom is -0.352 e. The molecule has 0 fully saturated rings. The molecular formula is C17H18FNOS. The van der Waals surface area contributed by atoms with E-state index in [0.717, 1.165) is 17.1 Å². The van der Waals surface area contributed by atoms with E-state index in [9.17, 15) is 9.18 Å². The Morgan fingerprint density at radius 2 is 1.71 bits per heavy atom. The van der Waals surface area contributed by atoms with Gasteiger partial charge in [-0.2, -0.15) is 11.8 Å². The van der Waals surface area contributed by atoms with Crippen molar-refractivity contribution in [2.75, 3.05) is 5.75 Å². The summed E-state index contributed by atoms with van der Waals surface area (Å²) in [6.45, 7) is 0.447. The maximum absolute atomic E-state index is 12.7. The van der Waals surface area contributed by atoms with Gasteiger partial charge in [0.05, 0.1) is 0 Å². The van der Waals surface area contributed by atoms with Crippen LogP contribution in [0.4, 0.5) is 4.39 Å². The van der Waals surface area contributed by atoms with Gasteiger partial charge in [0.25, 0.3) is 0 Å². The first kappa shape index (κ1) is 15.6. The highest BCUT2D eigenvalue weighted by Gasteiger charge is 2.02. The van der Waals surface area contributed by atoms with Crippen LogP contribution in [0.2, 0.25) is 0 Å². The second kappa shape index (κ2) is 8.47. The Morgan fingerprint density at radius 3 is 2.43 bits per heavy atom. The number of nitrogens with one attached hydrogen (secondary N) is 1. The Hall–Kier alpha value is -1.81. The third-order valence-corrected chi connectivity index (χ3v) is 4.02. The number of carbonyl (C=O) groups excluding carboxylic acids is 1. The van der Waals surface area contributed by atoms with Crippen LogP contribution in [0.25, 0.3) is 0 Å². The van der Waals surface area contributed by atoms with E-state index in [0.29, 0.717) is 13.0 Å². The number of hydrogen-bond donors (Lipinski definition) is 1. The smallest absolute Gasteiger partial charge is 0.221 e. The molecule has 0 saturated carbocycles. The number of carbonyl (C=O) groups is 1. The summed E-state index contributed by atoms with van der Waals surface area (Å²) < 4.78 is 12.7. The van der Waals surface area contributed by atoms with Crippen molar-refractivity contribution in [2.24, 2.45) is 0 Å². The lowest BCUT2D eigenvalue weighted by atomic mass is 10.2. The zero-order chi connectivity index (χ0) is 14.9. The molecule has 1 amide bonds. The van der Waals surface area contributed by atoms with Crippen LogP contribution in [-0.4, -0.2) is 11.7 Å². The van der Waals surface area contributed by atoms with Crippen LogP contribution in [0.1, 0.15) is 17.5 Å². The first-order chi connectivity index (χ1) is 10.2. The number of hydrogen-bond acceptors (Lipinski definition) is 2. The van der Waals surface area contributed by atoms with E-state index >= 15 is 0 Å². The topological polar surface area (TPSA) is 29.1 Å². The molecule has 0 atom stereocenters. The van der Waals surface area contributed by atoms with Crippen LogP contribution < -0.4 is 5.32 Å². The summed E-state index contributed by atoms with van der Waals surface area (Å²) in [5, 5.41) is 2.84. The van der Waals surface area contributed by atoms with E-state index in [1.165, 1.54) is 17.7 Å². The summed E-state index contributed by atoms with van der Waals surface area (Å²) in [6.07, 6.45) is 0.499. The van der Waals surface area contributed by atoms with Gasteiger partial charge in [-0.3, -0.25) is 4.79 Å². The van der Waals surface area contributed by atoms with Crippen molar-refractivity contribution < 1.29 is 9.18 Å². The van der Waals surface area contributed by atoms with Crippen LogP contribution in [0.5, 0.6) is 0 Å². The quantitative estimate of drug-likeness (QED) is 0.789. The lowest BCUT2D eigenvalue weighted by Crippen LogP contribution is -2.23. The van der Waals surface area contributed by atoms with Crippen molar-refractivity contribution in [3.8, 4) is 0 Å². The highest BCUT2D eigenvalue weighted by Crippen LogP contribution is 2.12. The molecule has 2 aromatic rings. The van der Waals surface area contributed by atoms with Crippen molar-refractivity contribution in [3.05, 3.63) is 71.5 Å². The molecule has 2 rings (SSSR count). The summed E-state index contributed by atoms with van der Waals surface area (Å²) in [4.78, 5) is 11.7. The highest BCUT2D eigenvalue weighted by molar-refractivity contribution is 7.98. The maximum Gasteiger partial charge on any atom is 0.221 e.